The van der Waals surface area contributed by atoms with Crippen molar-refractivity contribution in [2.45, 2.75) is 69.2 Å². The van der Waals surface area contributed by atoms with Crippen LogP contribution >= 0.6 is 0 Å². The van der Waals surface area contributed by atoms with Gasteiger partial charge in [0.15, 0.2) is 0 Å². The average molecular weight is 313 g/mol. The molecule has 2 fully saturated rings. The number of amides is 1. The highest BCUT2D eigenvalue weighted by Gasteiger charge is 2.37. The van der Waals surface area contributed by atoms with E-state index in [-0.39, 0.29) is 11.9 Å². The summed E-state index contributed by atoms with van der Waals surface area (Å²) in [6.45, 7) is 0.799. The first kappa shape index (κ1) is 15.2. The Hall–Kier alpha value is -1.39. The second-order valence-electron chi connectivity index (χ2n) is 7.49. The molecule has 3 unspecified atom stereocenters. The molecule has 3 aliphatic rings. The number of fused-ring (bicyclic) bond motifs is 3. The zero-order valence-corrected chi connectivity index (χ0v) is 13.9. The van der Waals surface area contributed by atoms with Crippen molar-refractivity contribution in [2.75, 3.05) is 7.05 Å². The Labute approximate surface area is 138 Å². The highest BCUT2D eigenvalue weighted by molar-refractivity contribution is 5.82. The zero-order valence-electron chi connectivity index (χ0n) is 13.9. The number of carbonyl (C=O) groups excluding carboxylic acids is 1. The van der Waals surface area contributed by atoms with Crippen LogP contribution < -0.4 is 10.6 Å². The minimum absolute atomic E-state index is 0.0793. The highest BCUT2D eigenvalue weighted by Crippen LogP contribution is 2.32. The van der Waals surface area contributed by atoms with Gasteiger partial charge in [-0.25, -0.2) is 0 Å². The van der Waals surface area contributed by atoms with Crippen molar-refractivity contribution in [2.24, 2.45) is 0 Å². The van der Waals surface area contributed by atoms with Crippen LogP contribution in [-0.4, -0.2) is 42.0 Å². The Balaban J connectivity index is 1.37. The smallest absolute Gasteiger partial charge is 0.237 e. The monoisotopic (exact) mass is 313 g/mol. The van der Waals surface area contributed by atoms with Crippen LogP contribution in [0.2, 0.25) is 0 Å². The van der Waals surface area contributed by atoms with Gasteiger partial charge in [-0.15, -0.1) is 0 Å². The van der Waals surface area contributed by atoms with Gasteiger partial charge in [-0.05, 0) is 50.3 Å². The van der Waals surface area contributed by atoms with Gasteiger partial charge in [0.1, 0.15) is 0 Å². The lowest BCUT2D eigenvalue weighted by Crippen LogP contribution is -2.57. The van der Waals surface area contributed by atoms with E-state index in [0.29, 0.717) is 18.1 Å². The fourth-order valence-electron chi connectivity index (χ4n) is 4.68. The number of benzene rings is 1. The lowest BCUT2D eigenvalue weighted by molar-refractivity contribution is -0.124. The first-order chi connectivity index (χ1) is 11.2. The third-order valence-corrected chi connectivity index (χ3v) is 6.08. The van der Waals surface area contributed by atoms with Crippen molar-refractivity contribution >= 4 is 5.91 Å². The van der Waals surface area contributed by atoms with Crippen LogP contribution in [0.4, 0.5) is 0 Å². The van der Waals surface area contributed by atoms with Crippen molar-refractivity contribution in [1.82, 2.24) is 15.5 Å². The summed E-state index contributed by atoms with van der Waals surface area (Å²) in [4.78, 5) is 15.2. The van der Waals surface area contributed by atoms with Crippen LogP contribution in [0.3, 0.4) is 0 Å². The van der Waals surface area contributed by atoms with Crippen molar-refractivity contribution in [1.29, 1.82) is 0 Å². The first-order valence-electron chi connectivity index (χ1n) is 9.03. The number of hydrogen-bond donors (Lipinski definition) is 2. The average Bonchev–Trinajstić information content (AvgIpc) is 2.55. The number of carbonyl (C=O) groups is 1. The summed E-state index contributed by atoms with van der Waals surface area (Å²) in [7, 11) is 2.26. The molecule has 3 heterocycles. The number of hydrogen-bond acceptors (Lipinski definition) is 3. The molecule has 1 aromatic rings. The molecule has 3 aliphatic heterocycles. The molecule has 0 aromatic heterocycles. The van der Waals surface area contributed by atoms with Gasteiger partial charge in [0, 0.05) is 24.7 Å². The van der Waals surface area contributed by atoms with E-state index in [0.717, 1.165) is 25.8 Å². The topological polar surface area (TPSA) is 44.4 Å². The van der Waals surface area contributed by atoms with Gasteiger partial charge < -0.3 is 15.5 Å². The van der Waals surface area contributed by atoms with Crippen molar-refractivity contribution in [3.05, 3.63) is 35.4 Å². The predicted octanol–water partition coefficient (Wildman–Crippen LogP) is 1.83. The highest BCUT2D eigenvalue weighted by atomic mass is 16.2. The molecule has 0 saturated carbocycles. The zero-order chi connectivity index (χ0) is 15.8. The lowest BCUT2D eigenvalue weighted by Gasteiger charge is -2.47. The molecule has 124 valence electrons. The van der Waals surface area contributed by atoms with Gasteiger partial charge >= 0.3 is 0 Å². The van der Waals surface area contributed by atoms with Gasteiger partial charge in [-0.3, -0.25) is 4.79 Å². The molecule has 4 nitrogen and oxygen atoms in total. The second-order valence-corrected chi connectivity index (χ2v) is 7.49. The maximum atomic E-state index is 12.7. The van der Waals surface area contributed by atoms with Crippen LogP contribution in [0, 0.1) is 0 Å². The summed E-state index contributed by atoms with van der Waals surface area (Å²) in [5, 5.41) is 6.74. The van der Waals surface area contributed by atoms with Gasteiger partial charge in [0.05, 0.1) is 6.04 Å². The van der Waals surface area contributed by atoms with E-state index in [1.165, 1.54) is 30.4 Å². The van der Waals surface area contributed by atoms with Gasteiger partial charge in [0.25, 0.3) is 0 Å². The predicted molar refractivity (Wildman–Crippen MR) is 91.1 cm³/mol. The van der Waals surface area contributed by atoms with Crippen molar-refractivity contribution in [3.63, 3.8) is 0 Å². The molecule has 0 radical (unpaired) electrons. The molecule has 1 amide bonds. The summed E-state index contributed by atoms with van der Waals surface area (Å²) >= 11 is 0. The van der Waals surface area contributed by atoms with E-state index in [4.69, 9.17) is 0 Å². The second kappa shape index (κ2) is 6.25. The van der Waals surface area contributed by atoms with E-state index in [9.17, 15) is 4.79 Å². The number of piperidine rings is 2. The molecule has 4 rings (SSSR count). The van der Waals surface area contributed by atoms with E-state index >= 15 is 0 Å². The Morgan fingerprint density at radius 1 is 1.17 bits per heavy atom. The molecular formula is C19H27N3O. The van der Waals surface area contributed by atoms with E-state index in [2.05, 4.69) is 46.8 Å². The standard InChI is InChI=1S/C19H27N3O/c1-22-16-7-4-8-17(22)11-15(10-16)21-19(23)18-9-13-5-2-3-6-14(13)12-20-18/h2-3,5-6,15-18,20H,4,7-12H2,1H3,(H,21,23). The molecular weight excluding hydrogens is 286 g/mol. The maximum Gasteiger partial charge on any atom is 0.237 e. The van der Waals surface area contributed by atoms with E-state index in [1.54, 1.807) is 0 Å². The van der Waals surface area contributed by atoms with E-state index in [1.807, 2.05) is 0 Å². The fraction of sp³-hybridized carbons (Fsp3) is 0.632. The summed E-state index contributed by atoms with van der Waals surface area (Å²) < 4.78 is 0. The summed E-state index contributed by atoms with van der Waals surface area (Å²) in [6.07, 6.45) is 6.95. The molecule has 0 spiro atoms. The van der Waals surface area contributed by atoms with E-state index < -0.39 is 0 Å². The molecule has 2 bridgehead atoms. The normalized spacial score (nSPS) is 33.8. The Morgan fingerprint density at radius 2 is 1.87 bits per heavy atom. The minimum atomic E-state index is -0.0793. The lowest BCUT2D eigenvalue weighted by atomic mass is 9.82. The SMILES string of the molecule is CN1C2CCCC1CC(NC(=O)C1Cc3ccccc3CN1)C2. The van der Waals surface area contributed by atoms with Gasteiger partial charge in [-0.2, -0.15) is 0 Å². The number of rotatable bonds is 2. The van der Waals surface area contributed by atoms with Crippen molar-refractivity contribution in [3.8, 4) is 0 Å². The molecule has 2 saturated heterocycles. The fourth-order valence-corrected chi connectivity index (χ4v) is 4.68. The van der Waals surface area contributed by atoms with Crippen LogP contribution in [0.1, 0.15) is 43.2 Å². The summed E-state index contributed by atoms with van der Waals surface area (Å²) in [5.41, 5.74) is 2.64. The molecule has 4 heteroatoms. The Morgan fingerprint density at radius 3 is 2.61 bits per heavy atom. The quantitative estimate of drug-likeness (QED) is 0.875. The molecule has 23 heavy (non-hydrogen) atoms. The Bertz CT molecular complexity index is 574. The van der Waals surface area contributed by atoms with Gasteiger partial charge in [0.2, 0.25) is 5.91 Å². The largest absolute Gasteiger partial charge is 0.352 e. The number of nitrogens with zero attached hydrogens (tertiary/aromatic N) is 1. The van der Waals surface area contributed by atoms with Crippen LogP contribution in [-0.2, 0) is 17.8 Å². The third-order valence-electron chi connectivity index (χ3n) is 6.08. The van der Waals surface area contributed by atoms with Gasteiger partial charge in [-0.1, -0.05) is 30.7 Å². The molecule has 1 aromatic carbocycles. The Kier molecular flexibility index (Phi) is 4.12. The minimum Gasteiger partial charge on any atom is -0.352 e. The maximum absolute atomic E-state index is 12.7. The molecule has 0 aliphatic carbocycles. The first-order valence-corrected chi connectivity index (χ1v) is 9.03. The third kappa shape index (κ3) is 3.02. The van der Waals surface area contributed by atoms with Crippen LogP contribution in [0.25, 0.3) is 0 Å². The van der Waals surface area contributed by atoms with Crippen LogP contribution in [0.5, 0.6) is 0 Å². The number of nitrogens with one attached hydrogen (secondary N) is 2. The molecule has 3 atom stereocenters. The van der Waals surface area contributed by atoms with Crippen molar-refractivity contribution < 1.29 is 4.79 Å². The summed E-state index contributed by atoms with van der Waals surface area (Å²) in [6, 6.07) is 10.0. The molecule has 2 N–H and O–H groups in total. The van der Waals surface area contributed by atoms with Crippen LogP contribution in [0.15, 0.2) is 24.3 Å². The summed E-state index contributed by atoms with van der Waals surface area (Å²) in [5.74, 6) is 0.187.